The highest BCUT2D eigenvalue weighted by atomic mass is 32.2. The van der Waals surface area contributed by atoms with Gasteiger partial charge in [-0.1, -0.05) is 121 Å². The molecule has 1 aliphatic rings. The number of ether oxygens (including phenoxy) is 4. The number of piperazine rings is 1. The number of aliphatic hydroxyl groups excluding tert-OH is 1. The molecule has 1 aliphatic heterocycles. The molecule has 5 atom stereocenters. The first-order valence-corrected chi connectivity index (χ1v) is 19.7. The SMILES string of the molecule is CC(O)C(O)(COCc1ccccc1)C(OCc1ccccc1)C(OCc1ccccc1)C(OCc1ccccc1)C(=O)N1CCNCC1.CS(=O)(=O)O. The topological polar surface area (TPSA) is 164 Å². The Labute approximate surface area is 318 Å². The summed E-state index contributed by atoms with van der Waals surface area (Å²) in [5.74, 6) is -0.276. The quantitative estimate of drug-likeness (QED) is 0.108. The van der Waals surface area contributed by atoms with Gasteiger partial charge in [-0.15, -0.1) is 0 Å². The maximum absolute atomic E-state index is 14.5. The molecule has 54 heavy (non-hydrogen) atoms. The predicted molar refractivity (Wildman–Crippen MR) is 205 cm³/mol. The molecule has 1 amide bonds. The van der Waals surface area contributed by atoms with Gasteiger partial charge in [0.05, 0.1) is 45.4 Å². The fourth-order valence-corrected chi connectivity index (χ4v) is 5.86. The van der Waals surface area contributed by atoms with Crippen LogP contribution in [0.25, 0.3) is 0 Å². The second kappa shape index (κ2) is 21.8. The van der Waals surface area contributed by atoms with Crippen molar-refractivity contribution >= 4 is 16.0 Å². The van der Waals surface area contributed by atoms with E-state index in [2.05, 4.69) is 5.32 Å². The number of hydrogen-bond donors (Lipinski definition) is 4. The maximum Gasteiger partial charge on any atom is 0.261 e. The van der Waals surface area contributed by atoms with Gasteiger partial charge in [0.1, 0.15) is 17.8 Å². The molecule has 4 aromatic rings. The lowest BCUT2D eigenvalue weighted by Crippen LogP contribution is -2.65. The number of carbonyl (C=O) groups excluding carboxylic acids is 1. The van der Waals surface area contributed by atoms with Crippen LogP contribution in [0.5, 0.6) is 0 Å². The molecule has 1 heterocycles. The predicted octanol–water partition coefficient (Wildman–Crippen LogP) is 4.01. The summed E-state index contributed by atoms with van der Waals surface area (Å²) in [6.45, 7) is 3.99. The van der Waals surface area contributed by atoms with Gasteiger partial charge in [0, 0.05) is 26.2 Å². The lowest BCUT2D eigenvalue weighted by molar-refractivity contribution is -0.246. The summed E-state index contributed by atoms with van der Waals surface area (Å²) in [6, 6.07) is 38.4. The van der Waals surface area contributed by atoms with E-state index in [4.69, 9.17) is 23.5 Å². The summed E-state index contributed by atoms with van der Waals surface area (Å²) < 4.78 is 51.7. The van der Waals surface area contributed by atoms with E-state index in [1.807, 2.05) is 121 Å². The number of aliphatic hydroxyl groups is 2. The number of rotatable bonds is 18. The molecule has 0 bridgehead atoms. The summed E-state index contributed by atoms with van der Waals surface area (Å²) in [6.07, 6.45) is -4.24. The zero-order valence-electron chi connectivity index (χ0n) is 30.8. The fourth-order valence-electron chi connectivity index (χ4n) is 5.86. The minimum absolute atomic E-state index is 0.0810. The van der Waals surface area contributed by atoms with Crippen molar-refractivity contribution < 1.29 is 46.9 Å². The average molecular weight is 765 g/mol. The van der Waals surface area contributed by atoms with Crippen LogP contribution in [-0.4, -0.2) is 103 Å². The molecule has 13 heteroatoms. The molecular formula is C41H52N2O10S. The third-order valence-electron chi connectivity index (χ3n) is 8.76. The molecule has 5 unspecified atom stereocenters. The zero-order valence-corrected chi connectivity index (χ0v) is 31.6. The molecule has 1 saturated heterocycles. The van der Waals surface area contributed by atoms with Gasteiger partial charge < -0.3 is 39.4 Å². The Kier molecular flexibility index (Phi) is 17.2. The van der Waals surface area contributed by atoms with Gasteiger partial charge in [-0.2, -0.15) is 8.42 Å². The van der Waals surface area contributed by atoms with Gasteiger partial charge in [0.2, 0.25) is 0 Å². The Balaban J connectivity index is 0.00000122. The van der Waals surface area contributed by atoms with Crippen molar-refractivity contribution in [3.05, 3.63) is 144 Å². The molecule has 4 aromatic carbocycles. The van der Waals surface area contributed by atoms with E-state index in [-0.39, 0.29) is 38.9 Å². The number of nitrogens with one attached hydrogen (secondary N) is 1. The third kappa shape index (κ3) is 14.3. The van der Waals surface area contributed by atoms with Gasteiger partial charge in [-0.05, 0) is 29.2 Å². The van der Waals surface area contributed by atoms with E-state index in [0.717, 1.165) is 22.3 Å². The molecule has 1 fully saturated rings. The van der Waals surface area contributed by atoms with E-state index in [9.17, 15) is 23.4 Å². The monoisotopic (exact) mass is 764 g/mol. The summed E-state index contributed by atoms with van der Waals surface area (Å²) in [7, 11) is -3.67. The number of benzene rings is 4. The molecule has 0 aromatic heterocycles. The highest BCUT2D eigenvalue weighted by Gasteiger charge is 2.52. The Hall–Kier alpha value is -4.02. The van der Waals surface area contributed by atoms with Crippen molar-refractivity contribution in [1.82, 2.24) is 10.2 Å². The van der Waals surface area contributed by atoms with Crippen LogP contribution in [0.3, 0.4) is 0 Å². The minimum Gasteiger partial charge on any atom is -0.390 e. The zero-order chi connectivity index (χ0) is 38.8. The van der Waals surface area contributed by atoms with Crippen LogP contribution >= 0.6 is 0 Å². The lowest BCUT2D eigenvalue weighted by Gasteiger charge is -2.44. The van der Waals surface area contributed by atoms with E-state index in [1.165, 1.54) is 6.92 Å². The second-order valence-electron chi connectivity index (χ2n) is 13.1. The van der Waals surface area contributed by atoms with Crippen LogP contribution in [0.2, 0.25) is 0 Å². The van der Waals surface area contributed by atoms with Crippen molar-refractivity contribution in [2.75, 3.05) is 39.0 Å². The fraction of sp³-hybridized carbons (Fsp3) is 0.390. The molecular weight excluding hydrogens is 713 g/mol. The largest absolute Gasteiger partial charge is 0.390 e. The number of carbonyl (C=O) groups is 1. The smallest absolute Gasteiger partial charge is 0.261 e. The second-order valence-corrected chi connectivity index (χ2v) is 14.6. The Morgan fingerprint density at radius 2 is 1.11 bits per heavy atom. The van der Waals surface area contributed by atoms with Crippen LogP contribution in [-0.2, 0) is 60.3 Å². The van der Waals surface area contributed by atoms with Gasteiger partial charge >= 0.3 is 0 Å². The van der Waals surface area contributed by atoms with Crippen LogP contribution in [0.15, 0.2) is 121 Å². The molecule has 0 saturated carbocycles. The van der Waals surface area contributed by atoms with Crippen molar-refractivity contribution in [1.29, 1.82) is 0 Å². The number of amides is 1. The molecule has 292 valence electrons. The van der Waals surface area contributed by atoms with Crippen LogP contribution in [0.1, 0.15) is 29.2 Å². The summed E-state index contributed by atoms with van der Waals surface area (Å²) >= 11 is 0. The van der Waals surface area contributed by atoms with Gasteiger partial charge in [-0.3, -0.25) is 9.35 Å². The minimum atomic E-state index is -3.67. The summed E-state index contributed by atoms with van der Waals surface area (Å²) in [4.78, 5) is 16.3. The Morgan fingerprint density at radius 3 is 1.54 bits per heavy atom. The molecule has 0 radical (unpaired) electrons. The van der Waals surface area contributed by atoms with Gasteiger partial charge in [0.25, 0.3) is 16.0 Å². The van der Waals surface area contributed by atoms with Gasteiger partial charge in [0.15, 0.2) is 6.10 Å². The van der Waals surface area contributed by atoms with Crippen LogP contribution < -0.4 is 5.32 Å². The van der Waals surface area contributed by atoms with Gasteiger partial charge in [-0.25, -0.2) is 0 Å². The third-order valence-corrected chi connectivity index (χ3v) is 8.76. The first kappa shape index (κ1) is 42.7. The van der Waals surface area contributed by atoms with E-state index in [1.54, 1.807) is 4.90 Å². The highest BCUT2D eigenvalue weighted by molar-refractivity contribution is 7.85. The van der Waals surface area contributed by atoms with Crippen molar-refractivity contribution in [2.45, 2.75) is 63.4 Å². The Bertz CT molecular complexity index is 1740. The standard InChI is InChI=1S/C40H48N2O7.CH4O3S/c1-31(43)40(45,30-46-26-32-14-6-2-7-15-32)38(49-29-35-20-12-5-13-21-35)36(47-27-33-16-8-3-9-17-33)37(39(44)42-24-22-41-23-25-42)48-28-34-18-10-4-11-19-34;1-5(2,3)4/h2-21,31,36-38,41,43,45H,22-30H2,1H3;1H3,(H,2,3,4). The maximum atomic E-state index is 14.5. The summed E-state index contributed by atoms with van der Waals surface area (Å²) in [5.41, 5.74) is 1.49. The van der Waals surface area contributed by atoms with Crippen molar-refractivity contribution in [3.63, 3.8) is 0 Å². The lowest BCUT2D eigenvalue weighted by atomic mass is 9.85. The normalized spacial score (nSPS) is 16.6. The average Bonchev–Trinajstić information content (AvgIpc) is 3.18. The van der Waals surface area contributed by atoms with E-state index < -0.39 is 40.1 Å². The molecule has 0 aliphatic carbocycles. The Morgan fingerprint density at radius 1 is 0.722 bits per heavy atom. The molecule has 5 rings (SSSR count). The van der Waals surface area contributed by atoms with Crippen molar-refractivity contribution in [3.8, 4) is 0 Å². The first-order chi connectivity index (χ1) is 25.9. The number of nitrogens with zero attached hydrogens (tertiary/aromatic N) is 1. The number of hydrogen-bond acceptors (Lipinski definition) is 10. The van der Waals surface area contributed by atoms with Crippen molar-refractivity contribution in [2.24, 2.45) is 0 Å². The van der Waals surface area contributed by atoms with Crippen LogP contribution in [0.4, 0.5) is 0 Å². The molecule has 4 N–H and O–H groups in total. The van der Waals surface area contributed by atoms with E-state index in [0.29, 0.717) is 32.4 Å². The summed E-state index contributed by atoms with van der Waals surface area (Å²) in [5, 5.41) is 27.2. The molecule has 0 spiro atoms. The highest BCUT2D eigenvalue weighted by Crippen LogP contribution is 2.30. The van der Waals surface area contributed by atoms with E-state index >= 15 is 0 Å². The molecule has 12 nitrogen and oxygen atoms in total. The first-order valence-electron chi connectivity index (χ1n) is 17.8. The van der Waals surface area contributed by atoms with Crippen LogP contribution in [0, 0.1) is 0 Å².